The van der Waals surface area contributed by atoms with Crippen molar-refractivity contribution >= 4 is 72.0 Å². The van der Waals surface area contributed by atoms with E-state index >= 15 is 0 Å². The highest BCUT2D eigenvalue weighted by atomic mass is 32.1. The van der Waals surface area contributed by atoms with Crippen molar-refractivity contribution in [2.24, 2.45) is 5.50 Å². The summed E-state index contributed by atoms with van der Waals surface area (Å²) in [6.45, 7) is 7.09. The van der Waals surface area contributed by atoms with Crippen LogP contribution in [0.2, 0.25) is 0 Å². The molecule has 148 valence electrons. The van der Waals surface area contributed by atoms with Crippen molar-refractivity contribution in [2.75, 3.05) is 32.7 Å². The number of nitrogens with one attached hydrogen (secondary N) is 1. The zero-order valence-electron chi connectivity index (χ0n) is 14.3. The number of rotatable bonds is 9. The highest BCUT2D eigenvalue weighted by molar-refractivity contribution is 8.11. The molecule has 0 spiro atoms. The van der Waals surface area contributed by atoms with Crippen LogP contribution in [-0.4, -0.2) is 66.9 Å². The summed E-state index contributed by atoms with van der Waals surface area (Å²) in [7, 11) is -4.14. The number of thiol groups is 2. The molecule has 0 atom stereocenters. The molecule has 8 nitrogen and oxygen atoms in total. The first kappa shape index (κ1) is 27.3. The Morgan fingerprint density at radius 3 is 1.88 bits per heavy atom. The Labute approximate surface area is 170 Å². The van der Waals surface area contributed by atoms with Gasteiger partial charge >= 0.3 is 7.75 Å². The van der Waals surface area contributed by atoms with Gasteiger partial charge in [-0.3, -0.25) is 4.79 Å². The maximum atomic E-state index is 12.3. The van der Waals surface area contributed by atoms with Crippen LogP contribution < -0.4 is 10.8 Å². The Kier molecular flexibility index (Phi) is 16.5. The van der Waals surface area contributed by atoms with E-state index in [1.807, 2.05) is 4.90 Å². The molecule has 25 heavy (non-hydrogen) atoms. The lowest BCUT2D eigenvalue weighted by atomic mass is 10.3. The first-order valence-corrected chi connectivity index (χ1v) is 10.9. The summed E-state index contributed by atoms with van der Waals surface area (Å²) in [5, 5.41) is 2.92. The molecule has 0 aliphatic rings. The van der Waals surface area contributed by atoms with Gasteiger partial charge in [-0.1, -0.05) is 38.3 Å². The molecule has 0 heterocycles. The fourth-order valence-electron chi connectivity index (χ4n) is 1.70. The fourth-order valence-corrected chi connectivity index (χ4v) is 2.24. The van der Waals surface area contributed by atoms with Crippen LogP contribution in [0.15, 0.2) is 0 Å². The third-order valence-corrected chi connectivity index (χ3v) is 3.44. The molecule has 0 radical (unpaired) electrons. The summed E-state index contributed by atoms with van der Waals surface area (Å²) in [4.78, 5) is 30.7. The second-order valence-corrected chi connectivity index (χ2v) is 8.36. The molecule has 13 heteroatoms. The third kappa shape index (κ3) is 20.2. The molecule has 0 unspecified atom stereocenters. The van der Waals surface area contributed by atoms with E-state index in [-0.39, 0.29) is 12.5 Å². The van der Waals surface area contributed by atoms with Crippen LogP contribution >= 0.6 is 57.4 Å². The van der Waals surface area contributed by atoms with Gasteiger partial charge in [-0.2, -0.15) is 0 Å². The van der Waals surface area contributed by atoms with Gasteiger partial charge < -0.3 is 24.9 Å². The van der Waals surface area contributed by atoms with Crippen LogP contribution in [0.3, 0.4) is 0 Å². The molecule has 0 bridgehead atoms. The van der Waals surface area contributed by atoms with Crippen LogP contribution in [0.25, 0.3) is 0 Å². The van der Waals surface area contributed by atoms with Crippen LogP contribution in [0.1, 0.15) is 26.7 Å². The van der Waals surface area contributed by atoms with Gasteiger partial charge in [-0.25, -0.2) is 10.1 Å². The van der Waals surface area contributed by atoms with Crippen molar-refractivity contribution in [2.45, 2.75) is 26.7 Å². The molecule has 0 aliphatic carbocycles. The number of hydrogen-bond donors (Lipinski definition) is 6. The Hall–Kier alpha value is 0.0600. The van der Waals surface area contributed by atoms with Gasteiger partial charge in [0.2, 0.25) is 5.91 Å². The van der Waals surface area contributed by atoms with Crippen LogP contribution in [0.4, 0.5) is 0 Å². The monoisotopic (exact) mass is 450 g/mol. The van der Waals surface area contributed by atoms with Crippen molar-refractivity contribution in [3.8, 4) is 0 Å². The Morgan fingerprint density at radius 2 is 1.56 bits per heavy atom. The molecular formula is C12H27N4O4PS4. The van der Waals surface area contributed by atoms with Crippen molar-refractivity contribution in [1.82, 2.24) is 15.1 Å². The normalized spacial score (nSPS) is 10.4. The van der Waals surface area contributed by atoms with Gasteiger partial charge in [0.05, 0.1) is 6.54 Å². The second kappa shape index (κ2) is 15.2. The van der Waals surface area contributed by atoms with E-state index in [9.17, 15) is 4.79 Å². The van der Waals surface area contributed by atoms with Gasteiger partial charge in [0.1, 0.15) is 8.64 Å². The summed E-state index contributed by atoms with van der Waals surface area (Å²) in [5.74, 6) is 0.0820. The standard InChI is InChI=1S/C12H23N3OS4.H4NO3P/c1-3-6-14(7-4-2)10(16)9-15(12(19)20)8-5-13-11(17)18;1-5(2,3)4/h3-9H2,1-2H3,(H,19,20)(H2,13,17,18);(H4,1,2,3,4). The SMILES string of the molecule is CCCN(CCC)C(=O)CN(CCNC(=S)S)C(=S)S.NP(=O)(O)O. The predicted molar refractivity (Wildman–Crippen MR) is 116 cm³/mol. The summed E-state index contributed by atoms with van der Waals surface area (Å²) in [6.07, 6.45) is 1.90. The topological polar surface area (TPSA) is 119 Å². The fraction of sp³-hybridized carbons (Fsp3) is 0.750. The average molecular weight is 451 g/mol. The highest BCUT2D eigenvalue weighted by Crippen LogP contribution is 2.20. The maximum Gasteiger partial charge on any atom is 0.397 e. The van der Waals surface area contributed by atoms with Crippen molar-refractivity contribution in [3.05, 3.63) is 0 Å². The second-order valence-electron chi connectivity index (χ2n) is 4.91. The van der Waals surface area contributed by atoms with Gasteiger partial charge in [0.15, 0.2) is 0 Å². The molecular weight excluding hydrogens is 423 g/mol. The molecule has 0 fully saturated rings. The van der Waals surface area contributed by atoms with Crippen molar-refractivity contribution < 1.29 is 19.1 Å². The minimum Gasteiger partial charge on any atom is -0.369 e. The smallest absolute Gasteiger partial charge is 0.369 e. The summed E-state index contributed by atoms with van der Waals surface area (Å²) in [6, 6.07) is 0. The third-order valence-electron chi connectivity index (χ3n) is 2.59. The number of nitrogens with two attached hydrogens (primary N) is 1. The van der Waals surface area contributed by atoms with Gasteiger partial charge in [-0.15, -0.1) is 25.3 Å². The van der Waals surface area contributed by atoms with Gasteiger partial charge in [-0.05, 0) is 12.8 Å². The summed E-state index contributed by atoms with van der Waals surface area (Å²) < 4.78 is 9.95. The molecule has 0 aromatic heterocycles. The number of thiocarbonyl (C=S) groups is 2. The summed E-state index contributed by atoms with van der Waals surface area (Å²) in [5.41, 5.74) is 4.02. The number of amides is 1. The van der Waals surface area contributed by atoms with E-state index in [0.29, 0.717) is 21.7 Å². The maximum absolute atomic E-state index is 12.3. The highest BCUT2D eigenvalue weighted by Gasteiger charge is 2.16. The molecule has 0 saturated carbocycles. The Bertz CT molecular complexity index is 464. The Balaban J connectivity index is 0. The minimum atomic E-state index is -4.14. The number of carbonyl (C=O) groups is 1. The Morgan fingerprint density at radius 1 is 1.12 bits per heavy atom. The van der Waals surface area contributed by atoms with Gasteiger partial charge in [0.25, 0.3) is 0 Å². The average Bonchev–Trinajstić information content (AvgIpc) is 2.43. The van der Waals surface area contributed by atoms with E-state index in [4.69, 9.17) is 38.8 Å². The lowest BCUT2D eigenvalue weighted by Gasteiger charge is -2.27. The van der Waals surface area contributed by atoms with E-state index in [1.165, 1.54) is 0 Å². The van der Waals surface area contributed by atoms with E-state index in [1.54, 1.807) is 4.90 Å². The van der Waals surface area contributed by atoms with Crippen molar-refractivity contribution in [3.63, 3.8) is 0 Å². The van der Waals surface area contributed by atoms with Gasteiger partial charge in [0, 0.05) is 26.2 Å². The van der Waals surface area contributed by atoms with Crippen LogP contribution in [0.5, 0.6) is 0 Å². The van der Waals surface area contributed by atoms with Crippen LogP contribution in [-0.2, 0) is 9.36 Å². The molecule has 0 aliphatic heterocycles. The summed E-state index contributed by atoms with van der Waals surface area (Å²) >= 11 is 18.0. The van der Waals surface area contributed by atoms with Crippen LogP contribution in [0, 0.1) is 0 Å². The minimum absolute atomic E-state index is 0.0820. The largest absolute Gasteiger partial charge is 0.397 e. The first-order valence-electron chi connectivity index (χ1n) is 7.48. The van der Waals surface area contributed by atoms with E-state index in [2.05, 4.69) is 49.9 Å². The molecule has 0 aromatic rings. The van der Waals surface area contributed by atoms with Crippen molar-refractivity contribution in [1.29, 1.82) is 0 Å². The van der Waals surface area contributed by atoms with E-state index < -0.39 is 7.75 Å². The lowest BCUT2D eigenvalue weighted by Crippen LogP contribution is -2.44. The molecule has 0 rings (SSSR count). The zero-order chi connectivity index (χ0) is 20.0. The number of nitrogens with zero attached hydrogens (tertiary/aromatic N) is 2. The lowest BCUT2D eigenvalue weighted by molar-refractivity contribution is -0.131. The quantitative estimate of drug-likeness (QED) is 0.174. The predicted octanol–water partition coefficient (Wildman–Crippen LogP) is 0.994. The molecule has 1 amide bonds. The number of hydrogen-bond acceptors (Lipinski definition) is 4. The van der Waals surface area contributed by atoms with E-state index in [0.717, 1.165) is 25.9 Å². The molecule has 0 saturated heterocycles. The molecule has 0 aromatic carbocycles. The molecule has 5 N–H and O–H groups in total. The first-order chi connectivity index (χ1) is 11.4. The number of carbonyl (C=O) groups excluding carboxylic acids is 1. The zero-order valence-corrected chi connectivity index (χ0v) is 18.6.